The van der Waals surface area contributed by atoms with Crippen LogP contribution in [0.1, 0.15) is 20.9 Å². The number of anilines is 1. The number of benzene rings is 2. The highest BCUT2D eigenvalue weighted by Gasteiger charge is 2.21. The summed E-state index contributed by atoms with van der Waals surface area (Å²) in [6, 6.07) is 9.49. The Morgan fingerprint density at radius 2 is 1.70 bits per heavy atom. The van der Waals surface area contributed by atoms with Gasteiger partial charge in [0.25, 0.3) is 5.91 Å². The number of rotatable bonds is 5. The first-order chi connectivity index (χ1) is 13.0. The van der Waals surface area contributed by atoms with Gasteiger partial charge in [-0.05, 0) is 24.3 Å². The third-order valence-corrected chi connectivity index (χ3v) is 4.11. The maximum absolute atomic E-state index is 12.6. The summed E-state index contributed by atoms with van der Waals surface area (Å²) in [6.07, 6.45) is 0. The summed E-state index contributed by atoms with van der Waals surface area (Å²) in [6.45, 7) is 0. The second kappa shape index (κ2) is 7.59. The summed E-state index contributed by atoms with van der Waals surface area (Å²) in [5.74, 6) is -0.439. The van der Waals surface area contributed by atoms with Gasteiger partial charge in [0, 0.05) is 22.5 Å². The zero-order valence-corrected chi connectivity index (χ0v) is 15.5. The van der Waals surface area contributed by atoms with E-state index in [9.17, 15) is 9.59 Å². The molecule has 1 aromatic heterocycles. The average molecular weight is 390 g/mol. The van der Waals surface area contributed by atoms with Crippen LogP contribution in [-0.4, -0.2) is 33.2 Å². The largest absolute Gasteiger partial charge is 0.493 e. The lowest BCUT2D eigenvalue weighted by molar-refractivity contribution is 0.0601. The molecule has 0 saturated heterocycles. The zero-order chi connectivity index (χ0) is 19.6. The van der Waals surface area contributed by atoms with E-state index in [-0.39, 0.29) is 17.0 Å². The van der Waals surface area contributed by atoms with Gasteiger partial charge in [0.2, 0.25) is 0 Å². The van der Waals surface area contributed by atoms with E-state index in [1.54, 1.807) is 24.3 Å². The van der Waals surface area contributed by atoms with Crippen LogP contribution in [0.25, 0.3) is 11.0 Å². The van der Waals surface area contributed by atoms with Crippen molar-refractivity contribution in [2.45, 2.75) is 0 Å². The Morgan fingerprint density at radius 3 is 2.37 bits per heavy atom. The molecule has 27 heavy (non-hydrogen) atoms. The molecule has 0 bridgehead atoms. The molecule has 0 aliphatic carbocycles. The second-order valence-electron chi connectivity index (χ2n) is 5.49. The third kappa shape index (κ3) is 3.68. The third-order valence-electron chi connectivity index (χ3n) is 3.88. The molecule has 0 aliphatic rings. The van der Waals surface area contributed by atoms with Crippen molar-refractivity contribution in [2.75, 3.05) is 26.6 Å². The van der Waals surface area contributed by atoms with Gasteiger partial charge in [-0.1, -0.05) is 11.6 Å². The first-order valence-corrected chi connectivity index (χ1v) is 8.19. The Kier molecular flexibility index (Phi) is 5.23. The van der Waals surface area contributed by atoms with Crippen molar-refractivity contribution in [2.24, 2.45) is 0 Å². The molecule has 0 fully saturated rings. The lowest BCUT2D eigenvalue weighted by Crippen LogP contribution is -2.15. The van der Waals surface area contributed by atoms with Gasteiger partial charge < -0.3 is 23.9 Å². The average Bonchev–Trinajstić information content (AvgIpc) is 3.10. The Bertz CT molecular complexity index is 1030. The quantitative estimate of drug-likeness (QED) is 0.660. The van der Waals surface area contributed by atoms with Gasteiger partial charge in [0.15, 0.2) is 17.3 Å². The lowest BCUT2D eigenvalue weighted by atomic mass is 10.1. The monoisotopic (exact) mass is 389 g/mol. The molecule has 8 heteroatoms. The number of nitrogens with one attached hydrogen (secondary N) is 1. The second-order valence-corrected chi connectivity index (χ2v) is 5.93. The number of methoxy groups -OCH3 is 3. The van der Waals surface area contributed by atoms with Crippen molar-refractivity contribution in [1.29, 1.82) is 0 Å². The predicted molar refractivity (Wildman–Crippen MR) is 100 cm³/mol. The number of fused-ring (bicyclic) bond motifs is 1. The van der Waals surface area contributed by atoms with Crippen LogP contribution >= 0.6 is 11.6 Å². The molecule has 0 spiro atoms. The van der Waals surface area contributed by atoms with Gasteiger partial charge in [-0.25, -0.2) is 4.79 Å². The predicted octanol–water partition coefficient (Wildman–Crippen LogP) is 4.14. The molecule has 3 rings (SSSR count). The van der Waals surface area contributed by atoms with Crippen LogP contribution in [0, 0.1) is 0 Å². The molecule has 0 atom stereocenters. The molecule has 1 N–H and O–H groups in total. The summed E-state index contributed by atoms with van der Waals surface area (Å²) in [5.41, 5.74) is 0.829. The number of amides is 1. The van der Waals surface area contributed by atoms with Crippen LogP contribution < -0.4 is 14.8 Å². The molecule has 1 amide bonds. The zero-order valence-electron chi connectivity index (χ0n) is 14.8. The smallest absolute Gasteiger partial charge is 0.340 e. The van der Waals surface area contributed by atoms with Crippen molar-refractivity contribution < 1.29 is 28.2 Å². The van der Waals surface area contributed by atoms with Crippen LogP contribution in [0.2, 0.25) is 5.02 Å². The standard InChI is InChI=1S/C19H16ClNO6/c1-24-15-8-12(19(23)26-3)13(9-16(15)25-2)21-18(22)17-7-10-6-11(20)4-5-14(10)27-17/h4-9H,1-3H3,(H,21,22). The van der Waals surface area contributed by atoms with E-state index < -0.39 is 11.9 Å². The molecule has 7 nitrogen and oxygen atoms in total. The van der Waals surface area contributed by atoms with E-state index in [2.05, 4.69) is 5.32 Å². The molecule has 0 aliphatic heterocycles. The summed E-state index contributed by atoms with van der Waals surface area (Å²) < 4.78 is 20.7. The van der Waals surface area contributed by atoms with Crippen molar-refractivity contribution >= 4 is 40.1 Å². The minimum Gasteiger partial charge on any atom is -0.493 e. The van der Waals surface area contributed by atoms with Gasteiger partial charge in [0.05, 0.1) is 32.6 Å². The van der Waals surface area contributed by atoms with E-state index in [0.29, 0.717) is 27.5 Å². The van der Waals surface area contributed by atoms with Gasteiger partial charge >= 0.3 is 5.97 Å². The number of hydrogen-bond donors (Lipinski definition) is 1. The van der Waals surface area contributed by atoms with Gasteiger partial charge in [-0.15, -0.1) is 0 Å². The molecule has 0 unspecified atom stereocenters. The van der Waals surface area contributed by atoms with Crippen LogP contribution in [0.3, 0.4) is 0 Å². The molecule has 2 aromatic carbocycles. The van der Waals surface area contributed by atoms with Gasteiger partial charge in [0.1, 0.15) is 5.58 Å². The van der Waals surface area contributed by atoms with E-state index in [4.69, 9.17) is 30.2 Å². The fourth-order valence-corrected chi connectivity index (χ4v) is 2.75. The van der Waals surface area contributed by atoms with Crippen molar-refractivity contribution in [3.63, 3.8) is 0 Å². The number of hydrogen-bond acceptors (Lipinski definition) is 6. The van der Waals surface area contributed by atoms with Crippen molar-refractivity contribution in [3.8, 4) is 11.5 Å². The highest BCUT2D eigenvalue weighted by molar-refractivity contribution is 6.31. The van der Waals surface area contributed by atoms with Gasteiger partial charge in [-0.2, -0.15) is 0 Å². The number of furan rings is 1. The van der Waals surface area contributed by atoms with E-state index >= 15 is 0 Å². The van der Waals surface area contributed by atoms with Crippen LogP contribution in [0.5, 0.6) is 11.5 Å². The van der Waals surface area contributed by atoms with Crippen LogP contribution in [0.15, 0.2) is 40.8 Å². The molecule has 0 saturated carbocycles. The first kappa shape index (κ1) is 18.6. The minimum absolute atomic E-state index is 0.0675. The van der Waals surface area contributed by atoms with E-state index in [1.807, 2.05) is 0 Å². The fourth-order valence-electron chi connectivity index (χ4n) is 2.57. The Morgan fingerprint density at radius 1 is 1.00 bits per heavy atom. The molecule has 140 valence electrons. The number of ether oxygens (including phenoxy) is 3. The van der Waals surface area contributed by atoms with Crippen LogP contribution in [-0.2, 0) is 4.74 Å². The summed E-state index contributed by atoms with van der Waals surface area (Å²) in [5, 5.41) is 3.86. The number of esters is 1. The van der Waals surface area contributed by atoms with E-state index in [1.165, 1.54) is 33.5 Å². The fraction of sp³-hybridized carbons (Fsp3) is 0.158. The van der Waals surface area contributed by atoms with Crippen molar-refractivity contribution in [3.05, 3.63) is 52.7 Å². The SMILES string of the molecule is COC(=O)c1cc(OC)c(OC)cc1NC(=O)c1cc2cc(Cl)ccc2o1. The maximum atomic E-state index is 12.6. The highest BCUT2D eigenvalue weighted by Crippen LogP contribution is 2.34. The van der Waals surface area contributed by atoms with Crippen molar-refractivity contribution in [1.82, 2.24) is 0 Å². The number of halogens is 1. The Balaban J connectivity index is 1.99. The maximum Gasteiger partial charge on any atom is 0.340 e. The molecule has 3 aromatic rings. The van der Waals surface area contributed by atoms with E-state index in [0.717, 1.165) is 0 Å². The topological polar surface area (TPSA) is 87.0 Å². The number of carbonyl (C=O) groups excluding carboxylic acids is 2. The minimum atomic E-state index is -0.636. The van der Waals surface area contributed by atoms with Gasteiger partial charge in [-0.3, -0.25) is 4.79 Å². The normalized spacial score (nSPS) is 10.5. The Labute approximate surface area is 159 Å². The highest BCUT2D eigenvalue weighted by atomic mass is 35.5. The first-order valence-electron chi connectivity index (χ1n) is 7.81. The lowest BCUT2D eigenvalue weighted by Gasteiger charge is -2.14. The van der Waals surface area contributed by atoms with Crippen LogP contribution in [0.4, 0.5) is 5.69 Å². The molecule has 0 radical (unpaired) electrons. The Hall–Kier alpha value is -3.19. The summed E-state index contributed by atoms with van der Waals surface area (Å²) in [7, 11) is 4.13. The number of carbonyl (C=O) groups is 2. The molecular formula is C19H16ClNO6. The molecule has 1 heterocycles. The summed E-state index contributed by atoms with van der Waals surface area (Å²) >= 11 is 5.95. The summed E-state index contributed by atoms with van der Waals surface area (Å²) in [4.78, 5) is 24.7. The molecular weight excluding hydrogens is 374 g/mol.